The maximum Gasteiger partial charge on any atom is 0.242 e. The summed E-state index contributed by atoms with van der Waals surface area (Å²) in [5.41, 5.74) is 1.69. The van der Waals surface area contributed by atoms with Crippen molar-refractivity contribution in [3.63, 3.8) is 0 Å². The van der Waals surface area contributed by atoms with E-state index in [1.54, 1.807) is 18.0 Å². The van der Waals surface area contributed by atoms with Crippen LogP contribution in [-0.4, -0.2) is 35.0 Å². The number of hydrogen-bond donors (Lipinski definition) is 2. The van der Waals surface area contributed by atoms with Gasteiger partial charge in [-0.05, 0) is 12.1 Å². The number of para-hydroxylation sites is 1. The molecule has 0 saturated carbocycles. The zero-order valence-corrected chi connectivity index (χ0v) is 11.2. The Hall–Kier alpha value is -1.59. The highest BCUT2D eigenvalue weighted by Gasteiger charge is 2.20. The van der Waals surface area contributed by atoms with E-state index in [0.29, 0.717) is 0 Å². The number of pyridine rings is 1. The Bertz CT molecular complexity index is 596. The zero-order valence-electron chi connectivity index (χ0n) is 10.4. The predicted molar refractivity (Wildman–Crippen MR) is 79.5 cm³/mol. The molecule has 0 bridgehead atoms. The number of hydrogen-bond acceptors (Lipinski definition) is 4. The van der Waals surface area contributed by atoms with E-state index in [0.717, 1.165) is 34.6 Å². The van der Waals surface area contributed by atoms with E-state index in [1.807, 2.05) is 30.3 Å². The van der Waals surface area contributed by atoms with Crippen LogP contribution in [0.1, 0.15) is 0 Å². The molecular formula is C14H15N3OS. The van der Waals surface area contributed by atoms with Crippen LogP contribution in [0.3, 0.4) is 0 Å². The molecule has 98 valence electrons. The van der Waals surface area contributed by atoms with Gasteiger partial charge in [-0.1, -0.05) is 18.2 Å². The molecule has 19 heavy (non-hydrogen) atoms. The topological polar surface area (TPSA) is 54.0 Å². The van der Waals surface area contributed by atoms with Gasteiger partial charge in [0, 0.05) is 23.4 Å². The van der Waals surface area contributed by atoms with E-state index in [2.05, 4.69) is 15.6 Å². The number of carbonyl (C=O) groups is 1. The minimum Gasteiger partial charge on any atom is -0.323 e. The number of thioether (sulfide) groups is 1. The molecule has 2 heterocycles. The second kappa shape index (κ2) is 5.59. The monoisotopic (exact) mass is 273 g/mol. The first-order chi connectivity index (χ1) is 9.33. The van der Waals surface area contributed by atoms with Gasteiger partial charge in [0.15, 0.2) is 0 Å². The molecule has 1 amide bonds. The normalized spacial score (nSPS) is 19.3. The quantitative estimate of drug-likeness (QED) is 0.877. The van der Waals surface area contributed by atoms with Crippen LogP contribution >= 0.6 is 11.8 Å². The largest absolute Gasteiger partial charge is 0.323 e. The number of nitrogens with one attached hydrogen (secondary N) is 2. The SMILES string of the molecule is O=C(Nc1cnc2ccccc2c1)C1CSCCN1. The molecule has 5 heteroatoms. The highest BCUT2D eigenvalue weighted by molar-refractivity contribution is 7.99. The molecule has 1 atom stereocenters. The highest BCUT2D eigenvalue weighted by Crippen LogP contribution is 2.17. The number of rotatable bonds is 2. The van der Waals surface area contributed by atoms with E-state index in [1.165, 1.54) is 0 Å². The molecule has 1 fully saturated rings. The summed E-state index contributed by atoms with van der Waals surface area (Å²) in [5.74, 6) is 1.91. The van der Waals surface area contributed by atoms with Crippen LogP contribution in [0.25, 0.3) is 10.9 Å². The molecule has 4 nitrogen and oxygen atoms in total. The summed E-state index contributed by atoms with van der Waals surface area (Å²) in [7, 11) is 0. The summed E-state index contributed by atoms with van der Waals surface area (Å²) in [5, 5.41) is 7.18. The number of nitrogens with zero attached hydrogens (tertiary/aromatic N) is 1. The van der Waals surface area contributed by atoms with Gasteiger partial charge in [0.05, 0.1) is 23.4 Å². The fourth-order valence-corrected chi connectivity index (χ4v) is 3.04. The fraction of sp³-hybridized carbons (Fsp3) is 0.286. The Labute approximate surface area is 116 Å². The van der Waals surface area contributed by atoms with Crippen LogP contribution in [0, 0.1) is 0 Å². The van der Waals surface area contributed by atoms with Gasteiger partial charge in [0.2, 0.25) is 5.91 Å². The summed E-state index contributed by atoms with van der Waals surface area (Å²) in [6.07, 6.45) is 1.70. The first kappa shape index (κ1) is 12.4. The molecule has 1 aliphatic heterocycles. The number of fused-ring (bicyclic) bond motifs is 1. The van der Waals surface area contributed by atoms with Gasteiger partial charge in [0.1, 0.15) is 0 Å². The molecule has 3 rings (SSSR count). The molecule has 1 saturated heterocycles. The van der Waals surface area contributed by atoms with Crippen LogP contribution in [0.15, 0.2) is 36.5 Å². The molecule has 2 aromatic rings. The van der Waals surface area contributed by atoms with Crippen molar-refractivity contribution in [3.05, 3.63) is 36.5 Å². The maximum atomic E-state index is 12.1. The Balaban J connectivity index is 1.75. The second-order valence-electron chi connectivity index (χ2n) is 4.49. The third-order valence-electron chi connectivity index (χ3n) is 3.10. The molecule has 1 aliphatic rings. The minimum absolute atomic E-state index is 0.0179. The number of aromatic nitrogens is 1. The van der Waals surface area contributed by atoms with Gasteiger partial charge in [0.25, 0.3) is 0 Å². The summed E-state index contributed by atoms with van der Waals surface area (Å²) < 4.78 is 0. The van der Waals surface area contributed by atoms with E-state index >= 15 is 0 Å². The first-order valence-corrected chi connectivity index (χ1v) is 7.45. The third kappa shape index (κ3) is 2.88. The summed E-state index contributed by atoms with van der Waals surface area (Å²) in [4.78, 5) is 16.4. The average Bonchev–Trinajstić information content (AvgIpc) is 2.48. The number of carbonyl (C=O) groups excluding carboxylic acids is 1. The number of anilines is 1. The summed E-state index contributed by atoms with van der Waals surface area (Å²) >= 11 is 1.81. The van der Waals surface area contributed by atoms with E-state index in [9.17, 15) is 4.79 Å². The van der Waals surface area contributed by atoms with Gasteiger partial charge in [-0.3, -0.25) is 9.78 Å². The minimum atomic E-state index is -0.106. The van der Waals surface area contributed by atoms with Crippen molar-refractivity contribution in [2.75, 3.05) is 23.4 Å². The van der Waals surface area contributed by atoms with Gasteiger partial charge >= 0.3 is 0 Å². The van der Waals surface area contributed by atoms with Crippen LogP contribution in [0.4, 0.5) is 5.69 Å². The van der Waals surface area contributed by atoms with Crippen LogP contribution < -0.4 is 10.6 Å². The van der Waals surface area contributed by atoms with Gasteiger partial charge in [-0.25, -0.2) is 0 Å². The predicted octanol–water partition coefficient (Wildman–Crippen LogP) is 1.88. The van der Waals surface area contributed by atoms with Crippen molar-refractivity contribution in [2.24, 2.45) is 0 Å². The van der Waals surface area contributed by atoms with Crippen molar-refractivity contribution in [2.45, 2.75) is 6.04 Å². The van der Waals surface area contributed by atoms with Crippen molar-refractivity contribution >= 4 is 34.3 Å². The second-order valence-corrected chi connectivity index (χ2v) is 5.64. The average molecular weight is 273 g/mol. The zero-order chi connectivity index (χ0) is 13.1. The lowest BCUT2D eigenvalue weighted by molar-refractivity contribution is -0.117. The van der Waals surface area contributed by atoms with Gasteiger partial charge in [-0.15, -0.1) is 0 Å². The molecule has 0 aliphatic carbocycles. The Morgan fingerprint density at radius 1 is 1.42 bits per heavy atom. The van der Waals surface area contributed by atoms with Crippen molar-refractivity contribution in [1.82, 2.24) is 10.3 Å². The Morgan fingerprint density at radius 2 is 2.32 bits per heavy atom. The lowest BCUT2D eigenvalue weighted by Gasteiger charge is -2.22. The standard InChI is InChI=1S/C14H15N3OS/c18-14(13-9-19-6-5-15-13)17-11-7-10-3-1-2-4-12(10)16-8-11/h1-4,7-8,13,15H,5-6,9H2,(H,17,18). The molecule has 0 radical (unpaired) electrons. The summed E-state index contributed by atoms with van der Waals surface area (Å²) in [6.45, 7) is 0.888. The van der Waals surface area contributed by atoms with Gasteiger partial charge in [-0.2, -0.15) is 11.8 Å². The lowest BCUT2D eigenvalue weighted by Crippen LogP contribution is -2.46. The number of benzene rings is 1. The van der Waals surface area contributed by atoms with Crippen LogP contribution in [-0.2, 0) is 4.79 Å². The highest BCUT2D eigenvalue weighted by atomic mass is 32.2. The van der Waals surface area contributed by atoms with Crippen molar-refractivity contribution < 1.29 is 4.79 Å². The molecular weight excluding hydrogens is 258 g/mol. The molecule has 1 aromatic carbocycles. The molecule has 2 N–H and O–H groups in total. The smallest absolute Gasteiger partial charge is 0.242 e. The van der Waals surface area contributed by atoms with Crippen molar-refractivity contribution in [1.29, 1.82) is 0 Å². The maximum absolute atomic E-state index is 12.1. The summed E-state index contributed by atoms with van der Waals surface area (Å²) in [6, 6.07) is 9.72. The Kier molecular flexibility index (Phi) is 3.66. The first-order valence-electron chi connectivity index (χ1n) is 6.30. The lowest BCUT2D eigenvalue weighted by atomic mass is 10.2. The van der Waals surface area contributed by atoms with E-state index < -0.39 is 0 Å². The van der Waals surface area contributed by atoms with E-state index in [-0.39, 0.29) is 11.9 Å². The fourth-order valence-electron chi connectivity index (χ4n) is 2.10. The molecule has 1 unspecified atom stereocenters. The van der Waals surface area contributed by atoms with E-state index in [4.69, 9.17) is 0 Å². The van der Waals surface area contributed by atoms with Crippen LogP contribution in [0.2, 0.25) is 0 Å². The molecule has 0 spiro atoms. The number of amides is 1. The van der Waals surface area contributed by atoms with Crippen LogP contribution in [0.5, 0.6) is 0 Å². The third-order valence-corrected chi connectivity index (χ3v) is 4.16. The van der Waals surface area contributed by atoms with Crippen molar-refractivity contribution in [3.8, 4) is 0 Å². The molecule has 1 aromatic heterocycles. The Morgan fingerprint density at radius 3 is 3.16 bits per heavy atom. The van der Waals surface area contributed by atoms with Gasteiger partial charge < -0.3 is 10.6 Å².